The molecule has 1 aliphatic rings. The molecule has 0 saturated carbocycles. The van der Waals surface area contributed by atoms with Crippen LogP contribution in [0, 0.1) is 0 Å². The summed E-state index contributed by atoms with van der Waals surface area (Å²) in [7, 11) is 0. The first-order chi connectivity index (χ1) is 12.2. The third-order valence-electron chi connectivity index (χ3n) is 5.20. The number of amides is 1. The van der Waals surface area contributed by atoms with Crippen LogP contribution in [0.4, 0.5) is 4.79 Å². The Morgan fingerprint density at radius 3 is 2.54 bits per heavy atom. The number of likely N-dealkylation sites (tertiary alicyclic amines) is 1. The minimum Gasteiger partial charge on any atom is -0.465 e. The zero-order valence-electron chi connectivity index (χ0n) is 15.5. The molecule has 2 N–H and O–H groups in total. The van der Waals surface area contributed by atoms with Gasteiger partial charge in [-0.3, -0.25) is 4.79 Å². The van der Waals surface area contributed by atoms with E-state index in [1.807, 2.05) is 0 Å². The van der Waals surface area contributed by atoms with Crippen LogP contribution in [0.15, 0.2) is 39.6 Å². The van der Waals surface area contributed by atoms with Crippen LogP contribution in [-0.4, -0.2) is 33.8 Å². The van der Waals surface area contributed by atoms with Crippen molar-refractivity contribution in [3.63, 3.8) is 0 Å². The Labute approximate surface area is 152 Å². The third kappa shape index (κ3) is 4.00. The highest BCUT2D eigenvalue weighted by Gasteiger charge is 2.33. The van der Waals surface area contributed by atoms with E-state index in [0.29, 0.717) is 31.6 Å². The molecular formula is C20H26N2O4. The van der Waals surface area contributed by atoms with Crippen LogP contribution in [-0.2, 0) is 11.8 Å². The Kier molecular flexibility index (Phi) is 4.94. The molecule has 0 unspecified atom stereocenters. The standard InChI is InChI=1S/C20H26N2O4/c1-20(2,3)15-6-4-13(5-7-15)10-16-11-14(8-9-22(16)19(24)25)17-12-18(23)21-26-17/h4-7,12,14,16H,8-11H2,1-3H3,(H,21,23)(H,24,25)/t14-,16-/m0/s1. The number of carboxylic acid groups (broad SMARTS) is 1. The van der Waals surface area contributed by atoms with Crippen LogP contribution in [0.2, 0.25) is 0 Å². The molecule has 1 aromatic carbocycles. The van der Waals surface area contributed by atoms with Gasteiger partial charge in [0.15, 0.2) is 0 Å². The molecule has 6 heteroatoms. The predicted octanol–water partition coefficient (Wildman–Crippen LogP) is 3.73. The van der Waals surface area contributed by atoms with Crippen molar-refractivity contribution >= 4 is 6.09 Å². The molecule has 1 saturated heterocycles. The van der Waals surface area contributed by atoms with E-state index >= 15 is 0 Å². The maximum Gasteiger partial charge on any atom is 0.407 e. The number of H-pyrrole nitrogens is 1. The fourth-order valence-electron chi connectivity index (χ4n) is 3.67. The summed E-state index contributed by atoms with van der Waals surface area (Å²) >= 11 is 0. The molecule has 3 rings (SSSR count). The summed E-state index contributed by atoms with van der Waals surface area (Å²) in [6.45, 7) is 6.96. The van der Waals surface area contributed by atoms with Gasteiger partial charge in [0.25, 0.3) is 5.56 Å². The SMILES string of the molecule is CC(C)(C)c1ccc(C[C@H]2C[C@@H](c3cc(=O)[nH]o3)CCN2C(=O)O)cc1. The van der Waals surface area contributed by atoms with E-state index in [-0.39, 0.29) is 22.9 Å². The second-order valence-corrected chi connectivity index (χ2v) is 8.12. The van der Waals surface area contributed by atoms with E-state index in [1.165, 1.54) is 16.5 Å². The van der Waals surface area contributed by atoms with Crippen molar-refractivity contribution in [1.82, 2.24) is 10.1 Å². The van der Waals surface area contributed by atoms with Crippen molar-refractivity contribution < 1.29 is 14.4 Å². The highest BCUT2D eigenvalue weighted by Crippen LogP contribution is 2.33. The topological polar surface area (TPSA) is 86.5 Å². The lowest BCUT2D eigenvalue weighted by Crippen LogP contribution is -2.46. The highest BCUT2D eigenvalue weighted by molar-refractivity contribution is 5.65. The van der Waals surface area contributed by atoms with E-state index in [0.717, 1.165) is 5.56 Å². The Bertz CT molecular complexity index is 813. The van der Waals surface area contributed by atoms with Gasteiger partial charge in [0.1, 0.15) is 5.76 Å². The maximum atomic E-state index is 11.6. The van der Waals surface area contributed by atoms with Crippen LogP contribution < -0.4 is 5.56 Å². The van der Waals surface area contributed by atoms with E-state index in [1.54, 1.807) is 0 Å². The fraction of sp³-hybridized carbons (Fsp3) is 0.500. The normalized spacial score (nSPS) is 21.0. The number of aromatic nitrogens is 1. The van der Waals surface area contributed by atoms with E-state index in [9.17, 15) is 14.7 Å². The summed E-state index contributed by atoms with van der Waals surface area (Å²) in [5.41, 5.74) is 2.21. The first kappa shape index (κ1) is 18.3. The lowest BCUT2D eigenvalue weighted by Gasteiger charge is -2.37. The molecule has 0 bridgehead atoms. The fourth-order valence-corrected chi connectivity index (χ4v) is 3.67. The van der Waals surface area contributed by atoms with Crippen LogP contribution in [0.5, 0.6) is 0 Å². The molecule has 2 aromatic rings. The van der Waals surface area contributed by atoms with Gasteiger partial charge in [0.2, 0.25) is 0 Å². The quantitative estimate of drug-likeness (QED) is 0.875. The number of nitrogens with zero attached hydrogens (tertiary/aromatic N) is 1. The van der Waals surface area contributed by atoms with Gasteiger partial charge in [-0.25, -0.2) is 4.79 Å². The average molecular weight is 358 g/mol. The van der Waals surface area contributed by atoms with E-state index in [2.05, 4.69) is 50.2 Å². The second-order valence-electron chi connectivity index (χ2n) is 8.12. The Hall–Kier alpha value is -2.50. The van der Waals surface area contributed by atoms with Crippen LogP contribution in [0.3, 0.4) is 0 Å². The number of piperidine rings is 1. The zero-order chi connectivity index (χ0) is 18.9. The summed E-state index contributed by atoms with van der Waals surface area (Å²) in [5, 5.41) is 11.9. The van der Waals surface area contributed by atoms with Gasteiger partial charge in [-0.1, -0.05) is 45.0 Å². The molecule has 140 valence electrons. The Balaban J connectivity index is 1.77. The van der Waals surface area contributed by atoms with Gasteiger partial charge in [0, 0.05) is 24.6 Å². The molecular weight excluding hydrogens is 332 g/mol. The first-order valence-corrected chi connectivity index (χ1v) is 9.01. The molecule has 1 fully saturated rings. The van der Waals surface area contributed by atoms with Crippen LogP contribution in [0.1, 0.15) is 56.4 Å². The van der Waals surface area contributed by atoms with Gasteiger partial charge in [-0.15, -0.1) is 0 Å². The minimum absolute atomic E-state index is 0.0587. The molecule has 26 heavy (non-hydrogen) atoms. The van der Waals surface area contributed by atoms with Crippen molar-refractivity contribution in [2.45, 2.75) is 57.4 Å². The molecule has 1 aliphatic heterocycles. The zero-order valence-corrected chi connectivity index (χ0v) is 15.5. The Morgan fingerprint density at radius 1 is 1.31 bits per heavy atom. The molecule has 0 radical (unpaired) electrons. The van der Waals surface area contributed by atoms with E-state index in [4.69, 9.17) is 4.52 Å². The first-order valence-electron chi connectivity index (χ1n) is 9.01. The van der Waals surface area contributed by atoms with E-state index < -0.39 is 6.09 Å². The lowest BCUT2D eigenvalue weighted by molar-refractivity contribution is 0.0968. The molecule has 1 aromatic heterocycles. The summed E-state index contributed by atoms with van der Waals surface area (Å²) in [6, 6.07) is 9.74. The van der Waals surface area contributed by atoms with Crippen molar-refractivity contribution in [3.8, 4) is 0 Å². The molecule has 0 aliphatic carbocycles. The number of benzene rings is 1. The summed E-state index contributed by atoms with van der Waals surface area (Å²) in [5.74, 6) is 0.677. The van der Waals surface area contributed by atoms with Gasteiger partial charge >= 0.3 is 6.09 Å². The average Bonchev–Trinajstić information content (AvgIpc) is 3.01. The smallest absolute Gasteiger partial charge is 0.407 e. The monoisotopic (exact) mass is 358 g/mol. The third-order valence-corrected chi connectivity index (χ3v) is 5.20. The number of hydrogen-bond acceptors (Lipinski definition) is 3. The predicted molar refractivity (Wildman–Crippen MR) is 98.7 cm³/mol. The number of rotatable bonds is 3. The van der Waals surface area contributed by atoms with Crippen molar-refractivity contribution in [2.24, 2.45) is 0 Å². The number of carbonyl (C=O) groups is 1. The maximum absolute atomic E-state index is 11.6. The molecule has 6 nitrogen and oxygen atoms in total. The summed E-state index contributed by atoms with van der Waals surface area (Å²) < 4.78 is 5.25. The summed E-state index contributed by atoms with van der Waals surface area (Å²) in [6.07, 6.45) is 1.07. The van der Waals surface area contributed by atoms with Gasteiger partial charge < -0.3 is 14.5 Å². The van der Waals surface area contributed by atoms with Gasteiger partial charge in [-0.2, -0.15) is 5.16 Å². The molecule has 2 atom stereocenters. The van der Waals surface area contributed by atoms with Gasteiger partial charge in [0.05, 0.1) is 0 Å². The lowest BCUT2D eigenvalue weighted by atomic mass is 9.84. The summed E-state index contributed by atoms with van der Waals surface area (Å²) in [4.78, 5) is 24.5. The molecule has 0 spiro atoms. The van der Waals surface area contributed by atoms with Crippen molar-refractivity contribution in [1.29, 1.82) is 0 Å². The number of nitrogens with one attached hydrogen (secondary N) is 1. The van der Waals surface area contributed by atoms with Gasteiger partial charge in [-0.05, 0) is 35.8 Å². The van der Waals surface area contributed by atoms with Crippen molar-refractivity contribution in [2.75, 3.05) is 6.54 Å². The Morgan fingerprint density at radius 2 is 2.00 bits per heavy atom. The largest absolute Gasteiger partial charge is 0.465 e. The molecule has 2 heterocycles. The van der Waals surface area contributed by atoms with Crippen LogP contribution in [0.25, 0.3) is 0 Å². The number of aromatic amines is 1. The minimum atomic E-state index is -0.893. The highest BCUT2D eigenvalue weighted by atomic mass is 16.5. The molecule has 1 amide bonds. The number of hydrogen-bond donors (Lipinski definition) is 2. The van der Waals surface area contributed by atoms with Crippen LogP contribution >= 0.6 is 0 Å². The van der Waals surface area contributed by atoms with Crippen molar-refractivity contribution in [3.05, 3.63) is 57.6 Å². The second kappa shape index (κ2) is 7.02.